The van der Waals surface area contributed by atoms with Crippen LogP contribution in [0.2, 0.25) is 0 Å². The molecule has 1 aromatic rings. The third-order valence-corrected chi connectivity index (χ3v) is 4.77. The van der Waals surface area contributed by atoms with Gasteiger partial charge in [-0.25, -0.2) is 4.98 Å². The van der Waals surface area contributed by atoms with Gasteiger partial charge in [0.1, 0.15) is 18.1 Å². The first-order valence-electron chi connectivity index (χ1n) is 8.62. The van der Waals surface area contributed by atoms with Crippen molar-refractivity contribution in [1.29, 1.82) is 0 Å². The van der Waals surface area contributed by atoms with E-state index in [4.69, 9.17) is 5.73 Å². The molecule has 3 atom stereocenters. The Morgan fingerprint density at radius 1 is 1.38 bits per heavy atom. The number of carbonyl (C=O) groups excluding carboxylic acids is 4. The first-order chi connectivity index (χ1) is 12.5. The lowest BCUT2D eigenvalue weighted by Gasteiger charge is -2.28. The number of carbonyl (C=O) groups is 4. The second-order valence-corrected chi connectivity index (χ2v) is 6.59. The lowest BCUT2D eigenvalue weighted by atomic mass is 10.1. The molecule has 2 aliphatic heterocycles. The maximum Gasteiger partial charge on any atom is 0.246 e. The number of hydrogen-bond donors (Lipinski definition) is 4. The third kappa shape index (κ3) is 3.84. The zero-order chi connectivity index (χ0) is 18.7. The molecule has 2 unspecified atom stereocenters. The molecular formula is C16H22N6O4. The molecule has 0 spiro atoms. The number of imidazole rings is 1. The van der Waals surface area contributed by atoms with Crippen LogP contribution in [0.25, 0.3) is 0 Å². The summed E-state index contributed by atoms with van der Waals surface area (Å²) in [4.78, 5) is 56.6. The zero-order valence-electron chi connectivity index (χ0n) is 14.2. The number of hydrogen-bond acceptors (Lipinski definition) is 5. The number of nitrogens with two attached hydrogens (primary N) is 1. The predicted molar refractivity (Wildman–Crippen MR) is 89.3 cm³/mol. The largest absolute Gasteiger partial charge is 0.368 e. The highest BCUT2D eigenvalue weighted by Gasteiger charge is 2.38. The van der Waals surface area contributed by atoms with Gasteiger partial charge in [-0.15, -0.1) is 0 Å². The van der Waals surface area contributed by atoms with Crippen LogP contribution < -0.4 is 16.4 Å². The van der Waals surface area contributed by atoms with E-state index in [1.165, 1.54) is 11.2 Å². The SMILES string of the molecule is NC(=O)C1CCCN1C(=O)[C@H](Cc1cnc[nH]1)NC(=O)C1CCC(=O)N1. The van der Waals surface area contributed by atoms with Crippen LogP contribution in [0.15, 0.2) is 12.5 Å². The number of nitrogens with one attached hydrogen (secondary N) is 3. The molecule has 0 saturated carbocycles. The Labute approximate surface area is 149 Å². The summed E-state index contributed by atoms with van der Waals surface area (Å²) in [6.45, 7) is 0.419. The normalized spacial score (nSPS) is 23.5. The van der Waals surface area contributed by atoms with E-state index in [-0.39, 0.29) is 24.7 Å². The van der Waals surface area contributed by atoms with Crippen LogP contribution in [-0.4, -0.2) is 63.2 Å². The van der Waals surface area contributed by atoms with Gasteiger partial charge in [-0.2, -0.15) is 0 Å². The summed E-state index contributed by atoms with van der Waals surface area (Å²) in [5, 5.41) is 5.29. The Bertz CT molecular complexity index is 704. The van der Waals surface area contributed by atoms with Crippen LogP contribution in [0.1, 0.15) is 31.4 Å². The van der Waals surface area contributed by atoms with Crippen molar-refractivity contribution in [1.82, 2.24) is 25.5 Å². The van der Waals surface area contributed by atoms with Crippen molar-refractivity contribution in [3.8, 4) is 0 Å². The first kappa shape index (κ1) is 17.9. The monoisotopic (exact) mass is 362 g/mol. The Hall–Kier alpha value is -2.91. The molecule has 3 heterocycles. The van der Waals surface area contributed by atoms with Crippen molar-refractivity contribution >= 4 is 23.6 Å². The molecule has 0 bridgehead atoms. The summed E-state index contributed by atoms with van der Waals surface area (Å²) in [6.07, 6.45) is 5.13. The summed E-state index contributed by atoms with van der Waals surface area (Å²) < 4.78 is 0. The van der Waals surface area contributed by atoms with E-state index >= 15 is 0 Å². The van der Waals surface area contributed by atoms with Gasteiger partial charge in [0.25, 0.3) is 0 Å². The maximum absolute atomic E-state index is 13.0. The maximum atomic E-state index is 13.0. The molecule has 26 heavy (non-hydrogen) atoms. The smallest absolute Gasteiger partial charge is 0.246 e. The molecule has 2 saturated heterocycles. The fraction of sp³-hybridized carbons (Fsp3) is 0.562. The summed E-state index contributed by atoms with van der Waals surface area (Å²) in [7, 11) is 0. The lowest BCUT2D eigenvalue weighted by molar-refractivity contribution is -0.140. The highest BCUT2D eigenvalue weighted by molar-refractivity contribution is 5.95. The van der Waals surface area contributed by atoms with Crippen LogP contribution in [0.5, 0.6) is 0 Å². The molecule has 1 aromatic heterocycles. The van der Waals surface area contributed by atoms with Crippen molar-refractivity contribution in [3.63, 3.8) is 0 Å². The van der Waals surface area contributed by atoms with Crippen LogP contribution in [0.3, 0.4) is 0 Å². The molecule has 0 aromatic carbocycles. The van der Waals surface area contributed by atoms with E-state index in [0.29, 0.717) is 31.5 Å². The van der Waals surface area contributed by atoms with Crippen molar-refractivity contribution in [2.45, 2.75) is 50.2 Å². The van der Waals surface area contributed by atoms with Gasteiger partial charge in [0.2, 0.25) is 23.6 Å². The molecule has 3 rings (SSSR count). The number of nitrogens with zero attached hydrogens (tertiary/aromatic N) is 2. The van der Waals surface area contributed by atoms with Crippen molar-refractivity contribution in [2.75, 3.05) is 6.54 Å². The molecule has 140 valence electrons. The fourth-order valence-corrected chi connectivity index (χ4v) is 3.43. The van der Waals surface area contributed by atoms with Gasteiger partial charge in [0.15, 0.2) is 0 Å². The molecule has 2 aliphatic rings. The van der Waals surface area contributed by atoms with E-state index in [0.717, 1.165) is 0 Å². The zero-order valence-corrected chi connectivity index (χ0v) is 14.2. The molecule has 10 heteroatoms. The van der Waals surface area contributed by atoms with E-state index in [2.05, 4.69) is 20.6 Å². The quantitative estimate of drug-likeness (QED) is 0.470. The Kier molecular flexibility index (Phi) is 5.19. The molecule has 4 amide bonds. The van der Waals surface area contributed by atoms with E-state index in [1.807, 2.05) is 0 Å². The summed E-state index contributed by atoms with van der Waals surface area (Å²) >= 11 is 0. The first-order valence-corrected chi connectivity index (χ1v) is 8.62. The Morgan fingerprint density at radius 3 is 2.81 bits per heavy atom. The average Bonchev–Trinajstić information content (AvgIpc) is 3.34. The number of likely N-dealkylation sites (tertiary alicyclic amines) is 1. The summed E-state index contributed by atoms with van der Waals surface area (Å²) in [6, 6.07) is -2.18. The minimum atomic E-state index is -0.875. The van der Waals surface area contributed by atoms with Gasteiger partial charge in [0, 0.05) is 31.3 Å². The molecule has 0 aliphatic carbocycles. The van der Waals surface area contributed by atoms with E-state index in [1.54, 1.807) is 6.20 Å². The summed E-state index contributed by atoms with van der Waals surface area (Å²) in [5.41, 5.74) is 6.07. The van der Waals surface area contributed by atoms with Crippen LogP contribution >= 0.6 is 0 Å². The molecule has 0 radical (unpaired) electrons. The van der Waals surface area contributed by atoms with E-state index in [9.17, 15) is 19.2 Å². The second-order valence-electron chi connectivity index (χ2n) is 6.59. The van der Waals surface area contributed by atoms with Gasteiger partial charge in [0.05, 0.1) is 6.33 Å². The van der Waals surface area contributed by atoms with Crippen LogP contribution in [0.4, 0.5) is 0 Å². The number of rotatable bonds is 6. The number of primary amides is 1. The van der Waals surface area contributed by atoms with Gasteiger partial charge in [-0.3, -0.25) is 19.2 Å². The third-order valence-electron chi connectivity index (χ3n) is 4.77. The fourth-order valence-electron chi connectivity index (χ4n) is 3.43. The highest BCUT2D eigenvalue weighted by Crippen LogP contribution is 2.19. The number of H-pyrrole nitrogens is 1. The standard InChI is InChI=1S/C16H22N6O4/c17-14(24)12-2-1-5-22(12)16(26)11(6-9-7-18-8-19-9)21-15(25)10-3-4-13(23)20-10/h7-8,10-12H,1-6H2,(H2,17,24)(H,18,19)(H,20,23)(H,21,25)/t10?,11-,12?/m0/s1. The van der Waals surface area contributed by atoms with Crippen molar-refractivity contribution < 1.29 is 19.2 Å². The number of aromatic amines is 1. The van der Waals surface area contributed by atoms with Crippen molar-refractivity contribution in [2.24, 2.45) is 5.73 Å². The van der Waals surface area contributed by atoms with Gasteiger partial charge in [-0.1, -0.05) is 0 Å². The van der Waals surface area contributed by atoms with Crippen LogP contribution in [-0.2, 0) is 25.6 Å². The molecule has 10 nitrogen and oxygen atoms in total. The minimum Gasteiger partial charge on any atom is -0.368 e. The lowest BCUT2D eigenvalue weighted by Crippen LogP contribution is -2.56. The molecule has 5 N–H and O–H groups in total. The predicted octanol–water partition coefficient (Wildman–Crippen LogP) is -1.81. The van der Waals surface area contributed by atoms with E-state index < -0.39 is 29.9 Å². The number of amides is 4. The van der Waals surface area contributed by atoms with Crippen molar-refractivity contribution in [3.05, 3.63) is 18.2 Å². The van der Waals surface area contributed by atoms with Gasteiger partial charge < -0.3 is 26.3 Å². The van der Waals surface area contributed by atoms with Gasteiger partial charge in [-0.05, 0) is 19.3 Å². The minimum absolute atomic E-state index is 0.185. The Balaban J connectivity index is 1.74. The summed E-state index contributed by atoms with van der Waals surface area (Å²) in [5.74, 6) is -1.51. The Morgan fingerprint density at radius 2 is 2.19 bits per heavy atom. The average molecular weight is 362 g/mol. The van der Waals surface area contributed by atoms with Crippen LogP contribution in [0, 0.1) is 0 Å². The highest BCUT2D eigenvalue weighted by atomic mass is 16.2. The second kappa shape index (κ2) is 7.54. The number of aromatic nitrogens is 2. The molecule has 2 fully saturated rings. The molecular weight excluding hydrogens is 340 g/mol. The van der Waals surface area contributed by atoms with Gasteiger partial charge >= 0.3 is 0 Å². The topological polar surface area (TPSA) is 150 Å².